The van der Waals surface area contributed by atoms with Crippen molar-refractivity contribution < 1.29 is 31.1 Å². The SMILES string of the molecule is C=CC[n+]1cc(C#N)n(CC(=O)CCCC)c1.CCCCC(=O)Cn1cncc1C#N.[Br-]. The van der Waals surface area contributed by atoms with E-state index >= 15 is 0 Å². The van der Waals surface area contributed by atoms with Gasteiger partial charge in [-0.2, -0.15) is 10.5 Å². The molecule has 0 fully saturated rings. The Morgan fingerprint density at radius 2 is 1.62 bits per heavy atom. The van der Waals surface area contributed by atoms with Gasteiger partial charge in [-0.25, -0.2) is 14.1 Å². The number of Topliss-reactive ketones (excluding diaryl/α,β-unsaturated/α-hetero) is 2. The third kappa shape index (κ3) is 10.3. The van der Waals surface area contributed by atoms with Crippen LogP contribution in [0, 0.1) is 22.7 Å². The molecular weight excluding hydrogens is 472 g/mol. The van der Waals surface area contributed by atoms with Gasteiger partial charge in [0.2, 0.25) is 12.0 Å². The number of imidazole rings is 2. The maximum atomic E-state index is 11.6. The van der Waals surface area contributed by atoms with Gasteiger partial charge in [0.25, 0.3) is 0 Å². The molecule has 0 amide bonds. The van der Waals surface area contributed by atoms with Crippen molar-refractivity contribution in [1.29, 1.82) is 10.5 Å². The molecule has 0 unspecified atom stereocenters. The average molecular weight is 503 g/mol. The van der Waals surface area contributed by atoms with Crippen LogP contribution < -0.4 is 21.5 Å². The first-order valence-corrected chi connectivity index (χ1v) is 10.5. The van der Waals surface area contributed by atoms with Gasteiger partial charge in [-0.3, -0.25) is 9.59 Å². The molecule has 0 saturated heterocycles. The molecule has 0 aliphatic carbocycles. The van der Waals surface area contributed by atoms with Crippen molar-refractivity contribution in [3.63, 3.8) is 0 Å². The number of hydrogen-bond acceptors (Lipinski definition) is 5. The smallest absolute Gasteiger partial charge is 0.245 e. The van der Waals surface area contributed by atoms with Crippen LogP contribution in [-0.2, 0) is 29.2 Å². The molecular formula is C23H31BrN6O2. The number of nitriles is 2. The van der Waals surface area contributed by atoms with Crippen molar-refractivity contribution in [1.82, 2.24) is 14.1 Å². The van der Waals surface area contributed by atoms with Gasteiger partial charge in [0.1, 0.15) is 37.1 Å². The first kappa shape index (κ1) is 29.0. The maximum Gasteiger partial charge on any atom is 0.245 e. The van der Waals surface area contributed by atoms with Crippen LogP contribution in [0.4, 0.5) is 0 Å². The van der Waals surface area contributed by atoms with Crippen LogP contribution in [0.5, 0.6) is 0 Å². The Labute approximate surface area is 200 Å². The zero-order valence-electron chi connectivity index (χ0n) is 18.8. The average Bonchev–Trinajstić information content (AvgIpc) is 3.37. The summed E-state index contributed by atoms with van der Waals surface area (Å²) in [4.78, 5) is 26.8. The van der Waals surface area contributed by atoms with E-state index in [0.717, 1.165) is 25.7 Å². The third-order valence-corrected chi connectivity index (χ3v) is 4.48. The summed E-state index contributed by atoms with van der Waals surface area (Å²) < 4.78 is 5.12. The molecule has 8 nitrogen and oxygen atoms in total. The lowest BCUT2D eigenvalue weighted by Crippen LogP contribution is -3.00. The van der Waals surface area contributed by atoms with E-state index in [-0.39, 0.29) is 41.6 Å². The van der Waals surface area contributed by atoms with E-state index in [4.69, 9.17) is 10.5 Å². The predicted molar refractivity (Wildman–Crippen MR) is 116 cm³/mol. The van der Waals surface area contributed by atoms with E-state index in [2.05, 4.69) is 24.6 Å². The van der Waals surface area contributed by atoms with Crippen LogP contribution >= 0.6 is 0 Å². The van der Waals surface area contributed by atoms with Gasteiger partial charge in [0.05, 0.1) is 19.1 Å². The topological polar surface area (TPSA) is 108 Å². The first-order valence-electron chi connectivity index (χ1n) is 10.5. The Balaban J connectivity index is 0.000000592. The number of allylic oxidation sites excluding steroid dienone is 1. The quantitative estimate of drug-likeness (QED) is 0.302. The van der Waals surface area contributed by atoms with Gasteiger partial charge >= 0.3 is 0 Å². The fourth-order valence-corrected chi connectivity index (χ4v) is 2.80. The van der Waals surface area contributed by atoms with Crippen LogP contribution in [0.2, 0.25) is 0 Å². The largest absolute Gasteiger partial charge is 1.00 e. The van der Waals surface area contributed by atoms with Crippen LogP contribution in [-0.4, -0.2) is 25.7 Å². The number of carbonyl (C=O) groups excluding carboxylic acids is 2. The van der Waals surface area contributed by atoms with Crippen LogP contribution in [0.1, 0.15) is 63.8 Å². The Hall–Kier alpha value is -3.04. The fraction of sp³-hybridized carbons (Fsp3) is 0.478. The number of nitrogens with zero attached hydrogens (tertiary/aromatic N) is 6. The van der Waals surface area contributed by atoms with Crippen molar-refractivity contribution in [2.45, 2.75) is 72.0 Å². The number of hydrogen-bond donors (Lipinski definition) is 0. The summed E-state index contributed by atoms with van der Waals surface area (Å²) in [6, 6.07) is 4.08. The molecule has 0 N–H and O–H groups in total. The molecule has 0 aliphatic heterocycles. The minimum Gasteiger partial charge on any atom is -1.00 e. The molecule has 0 saturated carbocycles. The highest BCUT2D eigenvalue weighted by molar-refractivity contribution is 5.78. The zero-order valence-corrected chi connectivity index (χ0v) is 20.4. The molecule has 0 spiro atoms. The van der Waals surface area contributed by atoms with E-state index in [1.54, 1.807) is 27.7 Å². The third-order valence-electron chi connectivity index (χ3n) is 4.48. The summed E-state index contributed by atoms with van der Waals surface area (Å²) in [6.45, 7) is 8.94. The van der Waals surface area contributed by atoms with E-state index in [9.17, 15) is 9.59 Å². The highest BCUT2D eigenvalue weighted by Gasteiger charge is 2.15. The molecule has 0 radical (unpaired) electrons. The van der Waals surface area contributed by atoms with Crippen molar-refractivity contribution in [3.05, 3.63) is 49.1 Å². The number of aromatic nitrogens is 4. The fourth-order valence-electron chi connectivity index (χ4n) is 2.80. The molecule has 0 aliphatic rings. The van der Waals surface area contributed by atoms with Crippen LogP contribution in [0.3, 0.4) is 0 Å². The van der Waals surface area contributed by atoms with Gasteiger partial charge in [0.15, 0.2) is 11.6 Å². The molecule has 0 atom stereocenters. The second-order valence-corrected chi connectivity index (χ2v) is 7.16. The molecule has 2 aromatic heterocycles. The van der Waals surface area contributed by atoms with E-state index in [1.807, 2.05) is 17.6 Å². The second kappa shape index (κ2) is 16.6. The highest BCUT2D eigenvalue weighted by atomic mass is 79.9. The molecule has 2 heterocycles. The van der Waals surface area contributed by atoms with Gasteiger partial charge < -0.3 is 21.5 Å². The monoisotopic (exact) mass is 502 g/mol. The van der Waals surface area contributed by atoms with Crippen molar-refractivity contribution in [2.24, 2.45) is 0 Å². The normalized spacial score (nSPS) is 9.50. The van der Waals surface area contributed by atoms with Crippen molar-refractivity contribution >= 4 is 11.6 Å². The molecule has 2 aromatic rings. The maximum absolute atomic E-state index is 11.6. The Morgan fingerprint density at radius 3 is 2.12 bits per heavy atom. The summed E-state index contributed by atoms with van der Waals surface area (Å²) >= 11 is 0. The lowest BCUT2D eigenvalue weighted by atomic mass is 10.2. The minimum atomic E-state index is 0. The van der Waals surface area contributed by atoms with Gasteiger partial charge in [-0.05, 0) is 12.8 Å². The molecule has 172 valence electrons. The Bertz CT molecular complexity index is 949. The predicted octanol–water partition coefficient (Wildman–Crippen LogP) is 0.111. The summed E-state index contributed by atoms with van der Waals surface area (Å²) in [5.41, 5.74) is 0.951. The number of unbranched alkanes of at least 4 members (excludes halogenated alkanes) is 2. The van der Waals surface area contributed by atoms with E-state index < -0.39 is 0 Å². The van der Waals surface area contributed by atoms with E-state index in [0.29, 0.717) is 30.8 Å². The molecule has 0 bridgehead atoms. The molecule has 32 heavy (non-hydrogen) atoms. The summed E-state index contributed by atoms with van der Waals surface area (Å²) in [5, 5.41) is 17.6. The van der Waals surface area contributed by atoms with Crippen molar-refractivity contribution in [2.75, 3.05) is 0 Å². The summed E-state index contributed by atoms with van der Waals surface area (Å²) in [7, 11) is 0. The summed E-state index contributed by atoms with van der Waals surface area (Å²) in [6.07, 6.45) is 13.3. The molecule has 9 heteroatoms. The Morgan fingerprint density at radius 1 is 1.06 bits per heavy atom. The van der Waals surface area contributed by atoms with Crippen molar-refractivity contribution in [3.8, 4) is 12.1 Å². The highest BCUT2D eigenvalue weighted by Crippen LogP contribution is 2.02. The standard InChI is InChI=1S/C13H18N3O.C10H13N3O.BrH/c1-3-5-6-13(17)10-16-11-15(7-4-2)9-12(16)8-14;1-2-3-4-10(14)7-13-8-12-6-9(13)5-11;/h4,9,11H,2-3,5-7,10H2,1H3;6,8H,2-4,7H2,1H3;1H/q+1;;/p-1. The lowest BCUT2D eigenvalue weighted by Gasteiger charge is -2.01. The number of rotatable bonds is 12. The Kier molecular flexibility index (Phi) is 15.0. The van der Waals surface area contributed by atoms with Gasteiger partial charge in [-0.15, -0.1) is 0 Å². The number of halogens is 1. The van der Waals surface area contributed by atoms with Gasteiger partial charge in [0, 0.05) is 12.8 Å². The summed E-state index contributed by atoms with van der Waals surface area (Å²) in [5.74, 6) is 0.325. The van der Waals surface area contributed by atoms with Gasteiger partial charge in [-0.1, -0.05) is 39.3 Å². The lowest BCUT2D eigenvalue weighted by molar-refractivity contribution is -0.686. The van der Waals surface area contributed by atoms with E-state index in [1.165, 1.54) is 12.5 Å². The van der Waals surface area contributed by atoms with Crippen LogP contribution in [0.15, 0.2) is 37.7 Å². The minimum absolute atomic E-state index is 0. The van der Waals surface area contributed by atoms with Crippen LogP contribution in [0.25, 0.3) is 0 Å². The first-order chi connectivity index (χ1) is 15.0. The molecule has 0 aromatic carbocycles. The number of ketones is 2. The zero-order chi connectivity index (χ0) is 23.1. The number of carbonyl (C=O) groups is 2. The molecule has 2 rings (SSSR count). The second-order valence-electron chi connectivity index (χ2n) is 7.16.